The summed E-state index contributed by atoms with van der Waals surface area (Å²) in [6.07, 6.45) is 1.66. The molecule has 0 spiro atoms. The van der Waals surface area contributed by atoms with Gasteiger partial charge in [-0.25, -0.2) is 4.98 Å². The molecule has 6 nitrogen and oxygen atoms in total. The average Bonchev–Trinajstić information content (AvgIpc) is 2.98. The highest BCUT2D eigenvalue weighted by atomic mass is 32.2. The number of anilines is 1. The van der Waals surface area contributed by atoms with E-state index in [2.05, 4.69) is 15.5 Å². The lowest BCUT2D eigenvalue weighted by atomic mass is 10.1. The number of benzene rings is 1. The molecular weight excluding hydrogens is 362 g/mol. The molecule has 0 bridgehead atoms. The molecule has 1 amide bonds. The van der Waals surface area contributed by atoms with Crippen molar-refractivity contribution in [3.8, 4) is 0 Å². The average molecular weight is 381 g/mol. The van der Waals surface area contributed by atoms with Crippen LogP contribution in [-0.2, 0) is 5.75 Å². The van der Waals surface area contributed by atoms with Crippen LogP contribution in [-0.4, -0.2) is 21.8 Å². The van der Waals surface area contributed by atoms with Gasteiger partial charge in [0.1, 0.15) is 10.8 Å². The van der Waals surface area contributed by atoms with Crippen molar-refractivity contribution in [3.05, 3.63) is 70.7 Å². The number of nitrogens with zero attached hydrogens (tertiary/aromatic N) is 2. The number of nitrogens with one attached hydrogen (secondary N) is 1. The van der Waals surface area contributed by atoms with Gasteiger partial charge in [0.25, 0.3) is 5.91 Å². The zero-order valence-corrected chi connectivity index (χ0v) is 16.1. The molecule has 3 aromatic rings. The van der Waals surface area contributed by atoms with Gasteiger partial charge in [-0.3, -0.25) is 9.59 Å². The van der Waals surface area contributed by atoms with Gasteiger partial charge >= 0.3 is 0 Å². The van der Waals surface area contributed by atoms with Crippen molar-refractivity contribution in [2.75, 3.05) is 5.32 Å². The number of hydrogen-bond donors (Lipinski definition) is 1. The second kappa shape index (κ2) is 8.18. The maximum Gasteiger partial charge on any atom is 0.258 e. The van der Waals surface area contributed by atoms with Crippen molar-refractivity contribution >= 4 is 29.1 Å². The van der Waals surface area contributed by atoms with Crippen LogP contribution < -0.4 is 5.32 Å². The Morgan fingerprint density at radius 3 is 2.52 bits per heavy atom. The first-order valence-electron chi connectivity index (χ1n) is 8.37. The van der Waals surface area contributed by atoms with E-state index in [9.17, 15) is 9.59 Å². The number of ketones is 1. The number of carbonyl (C=O) groups excluding carboxylic acids is 2. The van der Waals surface area contributed by atoms with E-state index in [0.717, 1.165) is 17.0 Å². The van der Waals surface area contributed by atoms with Crippen LogP contribution in [0.15, 0.2) is 52.1 Å². The Balaban J connectivity index is 1.74. The molecule has 138 valence electrons. The molecule has 2 aromatic heterocycles. The van der Waals surface area contributed by atoms with E-state index in [-0.39, 0.29) is 11.7 Å². The Kier molecular flexibility index (Phi) is 5.71. The van der Waals surface area contributed by atoms with E-state index in [4.69, 9.17) is 4.52 Å². The van der Waals surface area contributed by atoms with Crippen molar-refractivity contribution in [3.63, 3.8) is 0 Å². The minimum absolute atomic E-state index is 0.0156. The lowest BCUT2D eigenvalue weighted by molar-refractivity contribution is 0.101. The summed E-state index contributed by atoms with van der Waals surface area (Å²) in [6, 6.07) is 10.3. The van der Waals surface area contributed by atoms with E-state index >= 15 is 0 Å². The van der Waals surface area contributed by atoms with Crippen molar-refractivity contribution in [1.82, 2.24) is 10.1 Å². The Morgan fingerprint density at radius 2 is 1.89 bits per heavy atom. The van der Waals surface area contributed by atoms with Gasteiger partial charge in [-0.1, -0.05) is 5.16 Å². The van der Waals surface area contributed by atoms with Gasteiger partial charge in [-0.2, -0.15) is 0 Å². The molecule has 27 heavy (non-hydrogen) atoms. The SMILES string of the molecule is CC(=O)c1ccc(NC(=O)c2cccnc2SCc2c(C)noc2C)cc1. The molecule has 0 fully saturated rings. The maximum absolute atomic E-state index is 12.7. The van der Waals surface area contributed by atoms with Gasteiger partial charge in [-0.15, -0.1) is 11.8 Å². The number of thioether (sulfide) groups is 1. The molecule has 0 atom stereocenters. The van der Waals surface area contributed by atoms with Gasteiger partial charge in [-0.05, 0) is 57.2 Å². The third kappa shape index (κ3) is 4.43. The predicted molar refractivity (Wildman–Crippen MR) is 104 cm³/mol. The molecule has 1 N–H and O–H groups in total. The molecule has 0 radical (unpaired) electrons. The van der Waals surface area contributed by atoms with Gasteiger partial charge in [0.15, 0.2) is 5.78 Å². The first-order chi connectivity index (χ1) is 13.0. The first-order valence-corrected chi connectivity index (χ1v) is 9.36. The molecule has 0 unspecified atom stereocenters. The van der Waals surface area contributed by atoms with Gasteiger partial charge in [0, 0.05) is 28.8 Å². The topological polar surface area (TPSA) is 85.1 Å². The molecular formula is C20H19N3O3S. The number of Topliss-reactive ketones (excluding diaryl/α,β-unsaturated/α-hetero) is 1. The maximum atomic E-state index is 12.7. The molecule has 1 aromatic carbocycles. The molecule has 7 heteroatoms. The summed E-state index contributed by atoms with van der Waals surface area (Å²) in [5, 5.41) is 7.43. The van der Waals surface area contributed by atoms with Crippen molar-refractivity contribution in [2.24, 2.45) is 0 Å². The molecule has 0 saturated heterocycles. The number of hydrogen-bond acceptors (Lipinski definition) is 6. The second-order valence-electron chi connectivity index (χ2n) is 6.04. The normalized spacial score (nSPS) is 10.6. The molecule has 2 heterocycles. The zero-order chi connectivity index (χ0) is 19.4. The van der Waals surface area contributed by atoms with Crippen LogP contribution in [0, 0.1) is 13.8 Å². The van der Waals surface area contributed by atoms with E-state index in [0.29, 0.717) is 27.6 Å². The summed E-state index contributed by atoms with van der Waals surface area (Å²) in [4.78, 5) is 28.4. The fourth-order valence-electron chi connectivity index (χ4n) is 2.51. The van der Waals surface area contributed by atoms with Crippen LogP contribution in [0.4, 0.5) is 5.69 Å². The Morgan fingerprint density at radius 1 is 1.15 bits per heavy atom. The number of aryl methyl sites for hydroxylation is 2. The van der Waals surface area contributed by atoms with Crippen LogP contribution in [0.3, 0.4) is 0 Å². The Hall–Kier alpha value is -2.93. The van der Waals surface area contributed by atoms with E-state index < -0.39 is 0 Å². The highest BCUT2D eigenvalue weighted by molar-refractivity contribution is 7.98. The van der Waals surface area contributed by atoms with Crippen molar-refractivity contribution in [2.45, 2.75) is 31.6 Å². The molecule has 0 aliphatic heterocycles. The quantitative estimate of drug-likeness (QED) is 0.502. The summed E-state index contributed by atoms with van der Waals surface area (Å²) in [7, 11) is 0. The fourth-order valence-corrected chi connectivity index (χ4v) is 3.66. The third-order valence-electron chi connectivity index (χ3n) is 4.10. The largest absolute Gasteiger partial charge is 0.361 e. The Labute approximate surface area is 161 Å². The number of aromatic nitrogens is 2. The number of pyridine rings is 1. The van der Waals surface area contributed by atoms with E-state index in [1.54, 1.807) is 42.6 Å². The van der Waals surface area contributed by atoms with Gasteiger partial charge < -0.3 is 9.84 Å². The van der Waals surface area contributed by atoms with Crippen LogP contribution in [0.1, 0.15) is 44.7 Å². The number of carbonyl (C=O) groups is 2. The van der Waals surface area contributed by atoms with Crippen LogP contribution in [0.2, 0.25) is 0 Å². The van der Waals surface area contributed by atoms with Crippen LogP contribution in [0.25, 0.3) is 0 Å². The highest BCUT2D eigenvalue weighted by Gasteiger charge is 2.16. The summed E-state index contributed by atoms with van der Waals surface area (Å²) in [5.74, 6) is 1.12. The van der Waals surface area contributed by atoms with Crippen molar-refractivity contribution < 1.29 is 14.1 Å². The molecule has 0 saturated carbocycles. The van der Waals surface area contributed by atoms with E-state index in [1.165, 1.54) is 18.7 Å². The zero-order valence-electron chi connectivity index (χ0n) is 15.3. The van der Waals surface area contributed by atoms with Gasteiger partial charge in [0.05, 0.1) is 11.3 Å². The first kappa shape index (κ1) is 18.8. The lowest BCUT2D eigenvalue weighted by Crippen LogP contribution is -2.13. The monoisotopic (exact) mass is 381 g/mol. The Bertz CT molecular complexity index is 961. The highest BCUT2D eigenvalue weighted by Crippen LogP contribution is 2.27. The summed E-state index contributed by atoms with van der Waals surface area (Å²) >= 11 is 1.46. The standard InChI is InChI=1S/C20H19N3O3S/c1-12-18(14(3)26-23-12)11-27-20-17(5-4-10-21-20)19(25)22-16-8-6-15(7-9-16)13(2)24/h4-10H,11H2,1-3H3,(H,22,25). The van der Waals surface area contributed by atoms with E-state index in [1.807, 2.05) is 13.8 Å². The fraction of sp³-hybridized carbons (Fsp3) is 0.200. The minimum Gasteiger partial charge on any atom is -0.361 e. The van der Waals surface area contributed by atoms with Gasteiger partial charge in [0.2, 0.25) is 0 Å². The molecule has 0 aliphatic rings. The summed E-state index contributed by atoms with van der Waals surface area (Å²) < 4.78 is 5.18. The minimum atomic E-state index is -0.250. The second-order valence-corrected chi connectivity index (χ2v) is 7.00. The number of amides is 1. The predicted octanol–water partition coefficient (Wildman–Crippen LogP) is 4.43. The number of rotatable bonds is 6. The smallest absolute Gasteiger partial charge is 0.258 e. The third-order valence-corrected chi connectivity index (χ3v) is 5.13. The summed E-state index contributed by atoms with van der Waals surface area (Å²) in [5.41, 5.74) is 3.56. The molecule has 3 rings (SSSR count). The molecule has 0 aliphatic carbocycles. The lowest BCUT2D eigenvalue weighted by Gasteiger charge is -2.09. The van der Waals surface area contributed by atoms with Crippen LogP contribution >= 0.6 is 11.8 Å². The van der Waals surface area contributed by atoms with Crippen molar-refractivity contribution in [1.29, 1.82) is 0 Å². The summed E-state index contributed by atoms with van der Waals surface area (Å²) in [6.45, 7) is 5.27. The van der Waals surface area contributed by atoms with Crippen LogP contribution in [0.5, 0.6) is 0 Å².